The van der Waals surface area contributed by atoms with Gasteiger partial charge in [0.1, 0.15) is 13.2 Å². The van der Waals surface area contributed by atoms with Gasteiger partial charge in [0.2, 0.25) is 0 Å². The number of rotatable bonds is 14. The number of aliphatic carboxylic acids is 2. The van der Waals surface area contributed by atoms with Gasteiger partial charge >= 0.3 is 11.9 Å². The van der Waals surface area contributed by atoms with Crippen molar-refractivity contribution >= 4 is 11.9 Å². The summed E-state index contributed by atoms with van der Waals surface area (Å²) < 4.78 is 27.6. The zero-order valence-corrected chi connectivity index (χ0v) is 19.3. The summed E-state index contributed by atoms with van der Waals surface area (Å²) in [5, 5.41) is 17.7. The van der Waals surface area contributed by atoms with Crippen molar-refractivity contribution in [2.45, 2.75) is 27.7 Å². The molecule has 180 valence electrons. The van der Waals surface area contributed by atoms with E-state index in [4.69, 9.17) is 33.9 Å². The third-order valence-electron chi connectivity index (χ3n) is 4.79. The van der Waals surface area contributed by atoms with Crippen LogP contribution in [-0.4, -0.2) is 61.8 Å². The number of hydrogen-bond acceptors (Lipinski definition) is 7. The highest BCUT2D eigenvalue weighted by Crippen LogP contribution is 2.31. The van der Waals surface area contributed by atoms with Crippen molar-refractivity contribution in [2.24, 2.45) is 0 Å². The fourth-order valence-electron chi connectivity index (χ4n) is 2.78. The Balaban J connectivity index is 1.81. The molecule has 0 heterocycles. The van der Waals surface area contributed by atoms with Gasteiger partial charge in [-0.3, -0.25) is 0 Å². The van der Waals surface area contributed by atoms with E-state index >= 15 is 0 Å². The molecule has 0 unspecified atom stereocenters. The second kappa shape index (κ2) is 12.5. The van der Waals surface area contributed by atoms with E-state index in [9.17, 15) is 9.59 Å². The Morgan fingerprint density at radius 2 is 0.879 bits per heavy atom. The molecule has 0 amide bonds. The SMILES string of the molecule is Cc1cc(OCCOCCOc2cc(C)c(C)cc2OCC(=O)O)c(OCC(=O)O)cc1C. The fraction of sp³-hybridized carbons (Fsp3) is 0.417. The van der Waals surface area contributed by atoms with E-state index in [2.05, 4.69) is 0 Å². The molecule has 0 atom stereocenters. The molecule has 2 rings (SSSR count). The van der Waals surface area contributed by atoms with Crippen LogP contribution in [0.1, 0.15) is 22.3 Å². The lowest BCUT2D eigenvalue weighted by atomic mass is 10.1. The second-order valence-corrected chi connectivity index (χ2v) is 7.44. The molecular formula is C24H30O9. The van der Waals surface area contributed by atoms with Crippen LogP contribution in [0.2, 0.25) is 0 Å². The van der Waals surface area contributed by atoms with Gasteiger partial charge in [0.05, 0.1) is 13.2 Å². The van der Waals surface area contributed by atoms with Crippen LogP contribution in [0.3, 0.4) is 0 Å². The van der Waals surface area contributed by atoms with E-state index in [1.165, 1.54) is 0 Å². The average Bonchev–Trinajstić information content (AvgIpc) is 2.75. The maximum Gasteiger partial charge on any atom is 0.341 e. The Bertz CT molecular complexity index is 891. The molecule has 2 N–H and O–H groups in total. The Kier molecular flexibility index (Phi) is 9.81. The maximum absolute atomic E-state index is 10.8. The van der Waals surface area contributed by atoms with Crippen molar-refractivity contribution in [3.8, 4) is 23.0 Å². The van der Waals surface area contributed by atoms with Crippen molar-refractivity contribution in [1.82, 2.24) is 0 Å². The number of ether oxygens (including phenoxy) is 5. The molecule has 0 aliphatic heterocycles. The van der Waals surface area contributed by atoms with Gasteiger partial charge in [-0.15, -0.1) is 0 Å². The molecule has 33 heavy (non-hydrogen) atoms. The predicted molar refractivity (Wildman–Crippen MR) is 120 cm³/mol. The molecule has 9 heteroatoms. The highest BCUT2D eigenvalue weighted by Gasteiger charge is 2.11. The second-order valence-electron chi connectivity index (χ2n) is 7.44. The summed E-state index contributed by atoms with van der Waals surface area (Å²) in [7, 11) is 0. The normalized spacial score (nSPS) is 10.5. The van der Waals surface area contributed by atoms with Crippen molar-refractivity contribution in [3.63, 3.8) is 0 Å². The minimum Gasteiger partial charge on any atom is -0.487 e. The van der Waals surface area contributed by atoms with Crippen molar-refractivity contribution < 1.29 is 43.5 Å². The molecule has 9 nitrogen and oxygen atoms in total. The van der Waals surface area contributed by atoms with Crippen molar-refractivity contribution in [1.29, 1.82) is 0 Å². The van der Waals surface area contributed by atoms with Crippen LogP contribution in [-0.2, 0) is 14.3 Å². The summed E-state index contributed by atoms with van der Waals surface area (Å²) in [6.45, 7) is 7.80. The molecule has 0 saturated heterocycles. The minimum atomic E-state index is -1.07. The van der Waals surface area contributed by atoms with E-state index in [1.807, 2.05) is 27.7 Å². The van der Waals surface area contributed by atoms with E-state index in [0.29, 0.717) is 23.0 Å². The first kappa shape index (κ1) is 25.8. The molecule has 2 aromatic rings. The van der Waals surface area contributed by atoms with Gasteiger partial charge in [0, 0.05) is 0 Å². The van der Waals surface area contributed by atoms with Gasteiger partial charge in [0.25, 0.3) is 0 Å². The van der Waals surface area contributed by atoms with Crippen LogP contribution in [0.5, 0.6) is 23.0 Å². The number of aryl methyl sites for hydroxylation is 4. The minimum absolute atomic E-state index is 0.239. The van der Waals surface area contributed by atoms with Crippen molar-refractivity contribution in [3.05, 3.63) is 46.5 Å². The van der Waals surface area contributed by atoms with Crippen LogP contribution in [0.15, 0.2) is 24.3 Å². The molecule has 0 saturated carbocycles. The lowest BCUT2D eigenvalue weighted by Gasteiger charge is -2.15. The Labute approximate surface area is 192 Å². The van der Waals surface area contributed by atoms with E-state index in [-0.39, 0.29) is 26.4 Å². The average molecular weight is 462 g/mol. The molecule has 0 bridgehead atoms. The van der Waals surface area contributed by atoms with Gasteiger partial charge < -0.3 is 33.9 Å². The Morgan fingerprint density at radius 1 is 0.576 bits per heavy atom. The highest BCUT2D eigenvalue weighted by molar-refractivity contribution is 5.69. The summed E-state index contributed by atoms with van der Waals surface area (Å²) in [5.74, 6) is -0.491. The van der Waals surface area contributed by atoms with Gasteiger partial charge in [-0.25, -0.2) is 9.59 Å². The summed E-state index contributed by atoms with van der Waals surface area (Å²) in [4.78, 5) is 21.6. The lowest BCUT2D eigenvalue weighted by molar-refractivity contribution is -0.140. The maximum atomic E-state index is 10.8. The van der Waals surface area contributed by atoms with Gasteiger partial charge in [0.15, 0.2) is 36.2 Å². The van der Waals surface area contributed by atoms with Gasteiger partial charge in [-0.05, 0) is 74.2 Å². The Hall–Kier alpha value is -3.46. The lowest BCUT2D eigenvalue weighted by Crippen LogP contribution is -2.14. The standard InChI is InChI=1S/C24H30O9/c1-15-9-19(21(11-17(15)3)32-13-23(25)26)30-7-5-29-6-8-31-20-10-16(2)18(4)12-22(20)33-14-24(27)28/h9-12H,5-8,13-14H2,1-4H3,(H,25,26)(H,27,28). The van der Waals surface area contributed by atoms with Crippen LogP contribution in [0.4, 0.5) is 0 Å². The monoisotopic (exact) mass is 462 g/mol. The van der Waals surface area contributed by atoms with Crippen LogP contribution < -0.4 is 18.9 Å². The van der Waals surface area contributed by atoms with E-state index in [0.717, 1.165) is 22.3 Å². The first-order chi connectivity index (χ1) is 15.7. The molecule has 0 aliphatic rings. The van der Waals surface area contributed by atoms with Crippen LogP contribution in [0, 0.1) is 27.7 Å². The molecular weight excluding hydrogens is 432 g/mol. The number of carboxylic acid groups (broad SMARTS) is 2. The molecule has 2 aromatic carbocycles. The molecule has 0 fully saturated rings. The largest absolute Gasteiger partial charge is 0.487 e. The first-order valence-corrected chi connectivity index (χ1v) is 10.4. The number of carboxylic acids is 2. The quantitative estimate of drug-likeness (QED) is 0.407. The third kappa shape index (κ3) is 8.53. The predicted octanol–water partition coefficient (Wildman–Crippen LogP) is 3.32. The Morgan fingerprint density at radius 3 is 1.18 bits per heavy atom. The highest BCUT2D eigenvalue weighted by atomic mass is 16.6. The summed E-state index contributed by atoms with van der Waals surface area (Å²) in [6, 6.07) is 7.09. The number of carbonyl (C=O) groups is 2. The van der Waals surface area contributed by atoms with Gasteiger partial charge in [-0.2, -0.15) is 0 Å². The fourth-order valence-corrected chi connectivity index (χ4v) is 2.78. The van der Waals surface area contributed by atoms with E-state index < -0.39 is 25.2 Å². The first-order valence-electron chi connectivity index (χ1n) is 10.4. The summed E-state index contributed by atoms with van der Waals surface area (Å²) in [5.41, 5.74) is 3.93. The zero-order chi connectivity index (χ0) is 24.4. The van der Waals surface area contributed by atoms with Crippen LogP contribution in [0.25, 0.3) is 0 Å². The molecule has 0 aliphatic carbocycles. The number of hydrogen-bond donors (Lipinski definition) is 2. The van der Waals surface area contributed by atoms with Crippen LogP contribution >= 0.6 is 0 Å². The van der Waals surface area contributed by atoms with Crippen molar-refractivity contribution in [2.75, 3.05) is 39.6 Å². The smallest absolute Gasteiger partial charge is 0.341 e. The molecule has 0 aromatic heterocycles. The topological polar surface area (TPSA) is 121 Å². The van der Waals surface area contributed by atoms with E-state index in [1.54, 1.807) is 24.3 Å². The third-order valence-corrected chi connectivity index (χ3v) is 4.79. The summed E-state index contributed by atoms with van der Waals surface area (Å²) in [6.07, 6.45) is 0. The molecule has 0 spiro atoms. The molecule has 0 radical (unpaired) electrons. The number of benzene rings is 2. The summed E-state index contributed by atoms with van der Waals surface area (Å²) >= 11 is 0. The zero-order valence-electron chi connectivity index (χ0n) is 19.3. The van der Waals surface area contributed by atoms with Gasteiger partial charge in [-0.1, -0.05) is 0 Å².